The molecular weight excluding hydrogens is 290 g/mol. The summed E-state index contributed by atoms with van der Waals surface area (Å²) in [5.41, 5.74) is 1.78. The predicted octanol–water partition coefficient (Wildman–Crippen LogP) is 3.00. The zero-order valence-electron chi connectivity index (χ0n) is 10.7. The van der Waals surface area contributed by atoms with Crippen LogP contribution in [-0.4, -0.2) is 25.4 Å². The van der Waals surface area contributed by atoms with Gasteiger partial charge in [-0.1, -0.05) is 6.07 Å². The van der Waals surface area contributed by atoms with Gasteiger partial charge in [0.05, 0.1) is 21.4 Å². The first-order valence-corrected chi connectivity index (χ1v) is 8.28. The normalized spacial score (nSPS) is 12.2. The van der Waals surface area contributed by atoms with Crippen molar-refractivity contribution in [2.24, 2.45) is 0 Å². The molecule has 3 aromatic rings. The van der Waals surface area contributed by atoms with Crippen LogP contribution in [0.15, 0.2) is 53.9 Å². The van der Waals surface area contributed by atoms with E-state index >= 15 is 0 Å². The van der Waals surface area contributed by atoms with E-state index < -0.39 is 10.8 Å². The van der Waals surface area contributed by atoms with E-state index in [4.69, 9.17) is 0 Å². The van der Waals surface area contributed by atoms with Gasteiger partial charge in [0.1, 0.15) is 10.0 Å². The first-order valence-electron chi connectivity index (χ1n) is 5.91. The molecule has 0 bridgehead atoms. The summed E-state index contributed by atoms with van der Waals surface area (Å²) in [7, 11) is -1.08. The second kappa shape index (κ2) is 5.60. The lowest BCUT2D eigenvalue weighted by Crippen LogP contribution is -1.92. The summed E-state index contributed by atoms with van der Waals surface area (Å²) in [6, 6.07) is 9.39. The van der Waals surface area contributed by atoms with Gasteiger partial charge in [-0.05, 0) is 24.3 Å². The molecule has 0 saturated heterocycles. The van der Waals surface area contributed by atoms with Crippen LogP contribution in [0, 0.1) is 0 Å². The standard InChI is InChI=1S/C14H11N3OS2/c1-20(18)13-6-2-5-11(17-13)12-9-16-14(19-12)10-4-3-7-15-8-10/h2-9H,1H3. The maximum absolute atomic E-state index is 11.5. The van der Waals surface area contributed by atoms with E-state index in [0.717, 1.165) is 21.1 Å². The fourth-order valence-corrected chi connectivity index (χ4v) is 3.10. The lowest BCUT2D eigenvalue weighted by molar-refractivity contribution is 0.684. The number of thiazole rings is 1. The van der Waals surface area contributed by atoms with E-state index in [9.17, 15) is 4.21 Å². The van der Waals surface area contributed by atoms with Crippen LogP contribution in [0.4, 0.5) is 0 Å². The van der Waals surface area contributed by atoms with E-state index in [0.29, 0.717) is 5.03 Å². The minimum Gasteiger partial charge on any atom is -0.264 e. The van der Waals surface area contributed by atoms with Crippen LogP contribution in [0.2, 0.25) is 0 Å². The van der Waals surface area contributed by atoms with Gasteiger partial charge < -0.3 is 0 Å². The predicted molar refractivity (Wildman–Crippen MR) is 80.9 cm³/mol. The van der Waals surface area contributed by atoms with Crippen LogP contribution in [0.3, 0.4) is 0 Å². The number of rotatable bonds is 3. The molecule has 0 N–H and O–H groups in total. The number of hydrogen-bond acceptors (Lipinski definition) is 5. The van der Waals surface area contributed by atoms with Gasteiger partial charge >= 0.3 is 0 Å². The van der Waals surface area contributed by atoms with Crippen molar-refractivity contribution >= 4 is 22.1 Å². The Balaban J connectivity index is 1.98. The maximum atomic E-state index is 11.5. The second-order valence-electron chi connectivity index (χ2n) is 4.09. The van der Waals surface area contributed by atoms with Crippen LogP contribution < -0.4 is 0 Å². The molecular formula is C14H11N3OS2. The molecule has 0 aromatic carbocycles. The van der Waals surface area contributed by atoms with Gasteiger partial charge in [0.25, 0.3) is 0 Å². The lowest BCUT2D eigenvalue weighted by atomic mass is 10.3. The molecule has 3 heterocycles. The molecule has 0 aliphatic rings. The van der Waals surface area contributed by atoms with E-state index in [2.05, 4.69) is 15.0 Å². The van der Waals surface area contributed by atoms with E-state index in [1.165, 1.54) is 0 Å². The summed E-state index contributed by atoms with van der Waals surface area (Å²) in [4.78, 5) is 13.9. The minimum absolute atomic E-state index is 0.582. The lowest BCUT2D eigenvalue weighted by Gasteiger charge is -1.99. The first-order chi connectivity index (χ1) is 9.74. The van der Waals surface area contributed by atoms with Gasteiger partial charge in [-0.25, -0.2) is 9.97 Å². The van der Waals surface area contributed by atoms with Gasteiger partial charge in [-0.3, -0.25) is 9.19 Å². The molecule has 1 unspecified atom stereocenters. The number of pyridine rings is 2. The molecule has 0 aliphatic carbocycles. The van der Waals surface area contributed by atoms with Crippen molar-refractivity contribution in [2.75, 3.05) is 6.26 Å². The molecule has 0 radical (unpaired) electrons. The summed E-state index contributed by atoms with van der Waals surface area (Å²) in [6.07, 6.45) is 6.94. The zero-order chi connectivity index (χ0) is 13.9. The maximum Gasteiger partial charge on any atom is 0.127 e. The van der Waals surface area contributed by atoms with Crippen molar-refractivity contribution < 1.29 is 4.21 Å². The van der Waals surface area contributed by atoms with Crippen molar-refractivity contribution in [3.05, 3.63) is 48.9 Å². The van der Waals surface area contributed by atoms with Crippen molar-refractivity contribution in [1.29, 1.82) is 0 Å². The highest BCUT2D eigenvalue weighted by molar-refractivity contribution is 7.84. The van der Waals surface area contributed by atoms with E-state index in [1.807, 2.05) is 24.3 Å². The molecule has 100 valence electrons. The fraction of sp³-hybridized carbons (Fsp3) is 0.0714. The molecule has 3 rings (SSSR count). The summed E-state index contributed by atoms with van der Waals surface area (Å²) in [5.74, 6) is 0. The Kier molecular flexibility index (Phi) is 3.66. The molecule has 1 atom stereocenters. The van der Waals surface area contributed by atoms with Gasteiger partial charge in [0.2, 0.25) is 0 Å². The summed E-state index contributed by atoms with van der Waals surface area (Å²) in [6.45, 7) is 0. The third-order valence-corrected chi connectivity index (χ3v) is 4.57. The van der Waals surface area contributed by atoms with Crippen molar-refractivity contribution in [3.63, 3.8) is 0 Å². The van der Waals surface area contributed by atoms with Crippen molar-refractivity contribution in [1.82, 2.24) is 15.0 Å². The molecule has 0 saturated carbocycles. The highest BCUT2D eigenvalue weighted by Gasteiger charge is 2.09. The first kappa shape index (κ1) is 13.1. The molecule has 3 aromatic heterocycles. The average molecular weight is 301 g/mol. The van der Waals surface area contributed by atoms with Gasteiger partial charge in [-0.15, -0.1) is 11.3 Å². The Labute approximate surface area is 123 Å². The minimum atomic E-state index is -1.08. The Bertz CT molecular complexity index is 756. The van der Waals surface area contributed by atoms with Gasteiger partial charge in [0, 0.05) is 30.4 Å². The average Bonchev–Trinajstić information content (AvgIpc) is 2.98. The topological polar surface area (TPSA) is 55.7 Å². The smallest absolute Gasteiger partial charge is 0.127 e. The summed E-state index contributed by atoms with van der Waals surface area (Å²) in [5, 5.41) is 1.48. The molecule has 4 nitrogen and oxygen atoms in total. The van der Waals surface area contributed by atoms with Crippen LogP contribution in [-0.2, 0) is 10.8 Å². The number of nitrogens with zero attached hydrogens (tertiary/aromatic N) is 3. The molecule has 0 spiro atoms. The Hall–Kier alpha value is -1.92. The highest BCUT2D eigenvalue weighted by Crippen LogP contribution is 2.30. The quantitative estimate of drug-likeness (QED) is 0.746. The van der Waals surface area contributed by atoms with Crippen molar-refractivity contribution in [3.8, 4) is 21.1 Å². The van der Waals surface area contributed by atoms with Crippen LogP contribution in [0.25, 0.3) is 21.1 Å². The van der Waals surface area contributed by atoms with Gasteiger partial charge in [0.15, 0.2) is 0 Å². The van der Waals surface area contributed by atoms with Crippen LogP contribution in [0.5, 0.6) is 0 Å². The Morgan fingerprint density at radius 2 is 2.05 bits per heavy atom. The highest BCUT2D eigenvalue weighted by atomic mass is 32.2. The largest absolute Gasteiger partial charge is 0.264 e. The van der Waals surface area contributed by atoms with Crippen LogP contribution in [0.1, 0.15) is 0 Å². The third kappa shape index (κ3) is 2.66. The van der Waals surface area contributed by atoms with E-state index in [1.54, 1.807) is 42.2 Å². The van der Waals surface area contributed by atoms with Crippen LogP contribution >= 0.6 is 11.3 Å². The molecule has 0 aliphatic heterocycles. The Morgan fingerprint density at radius 1 is 1.15 bits per heavy atom. The fourth-order valence-electron chi connectivity index (χ4n) is 1.73. The summed E-state index contributed by atoms with van der Waals surface area (Å²) >= 11 is 1.55. The number of hydrogen-bond donors (Lipinski definition) is 0. The monoisotopic (exact) mass is 301 g/mol. The molecule has 0 fully saturated rings. The molecule has 20 heavy (non-hydrogen) atoms. The SMILES string of the molecule is CS(=O)c1cccc(-c2cnc(-c3cccnc3)s2)n1. The Morgan fingerprint density at radius 3 is 2.80 bits per heavy atom. The summed E-state index contributed by atoms with van der Waals surface area (Å²) < 4.78 is 11.5. The zero-order valence-corrected chi connectivity index (χ0v) is 12.3. The second-order valence-corrected chi connectivity index (χ2v) is 6.44. The van der Waals surface area contributed by atoms with E-state index in [-0.39, 0.29) is 0 Å². The number of aromatic nitrogens is 3. The third-order valence-electron chi connectivity index (χ3n) is 2.68. The van der Waals surface area contributed by atoms with Gasteiger partial charge in [-0.2, -0.15) is 0 Å². The molecule has 0 amide bonds. The molecule has 6 heteroatoms. The van der Waals surface area contributed by atoms with Crippen molar-refractivity contribution in [2.45, 2.75) is 5.03 Å².